The number of rotatable bonds is 8. The Morgan fingerprint density at radius 2 is 1.50 bits per heavy atom. The third kappa shape index (κ3) is 5.62. The van der Waals surface area contributed by atoms with Gasteiger partial charge in [0.1, 0.15) is 23.1 Å². The Hall–Kier alpha value is -3.30. The quantitative estimate of drug-likeness (QED) is 0.571. The van der Waals surface area contributed by atoms with Crippen molar-refractivity contribution in [2.24, 2.45) is 0 Å². The standard InChI is InChI=1S/C21H18F2N2O4S/c22-18-7-4-8-19(23)21(18)25-20(26)14-29-16-9-11-17(12-10-16)30(27,28)24-13-15-5-2-1-3-6-15/h1-12,24H,13-14H2,(H,25,26). The minimum atomic E-state index is -3.72. The number of anilines is 1. The molecule has 0 fully saturated rings. The lowest BCUT2D eigenvalue weighted by Crippen LogP contribution is -2.23. The second-order valence-corrected chi connectivity index (χ2v) is 7.98. The number of benzene rings is 3. The summed E-state index contributed by atoms with van der Waals surface area (Å²) in [4.78, 5) is 11.9. The zero-order chi connectivity index (χ0) is 21.6. The van der Waals surface area contributed by atoms with Gasteiger partial charge in [0, 0.05) is 6.54 Å². The van der Waals surface area contributed by atoms with Crippen molar-refractivity contribution < 1.29 is 26.7 Å². The molecule has 6 nitrogen and oxygen atoms in total. The van der Waals surface area contributed by atoms with Crippen molar-refractivity contribution in [3.63, 3.8) is 0 Å². The van der Waals surface area contributed by atoms with Crippen LogP contribution >= 0.6 is 0 Å². The topological polar surface area (TPSA) is 84.5 Å². The average Bonchev–Trinajstić information content (AvgIpc) is 2.75. The lowest BCUT2D eigenvalue weighted by molar-refractivity contribution is -0.118. The normalized spacial score (nSPS) is 11.1. The van der Waals surface area contributed by atoms with Gasteiger partial charge in [0.05, 0.1) is 4.90 Å². The summed E-state index contributed by atoms with van der Waals surface area (Å²) in [5, 5.41) is 2.10. The van der Waals surface area contributed by atoms with Gasteiger partial charge in [0.2, 0.25) is 10.0 Å². The molecular weight excluding hydrogens is 414 g/mol. The van der Waals surface area contributed by atoms with Crippen molar-refractivity contribution in [1.82, 2.24) is 4.72 Å². The highest BCUT2D eigenvalue weighted by molar-refractivity contribution is 7.89. The molecule has 0 aliphatic carbocycles. The van der Waals surface area contributed by atoms with Crippen LogP contribution in [-0.4, -0.2) is 20.9 Å². The zero-order valence-electron chi connectivity index (χ0n) is 15.6. The van der Waals surface area contributed by atoms with E-state index in [1.54, 1.807) is 12.1 Å². The predicted octanol–water partition coefficient (Wildman–Crippen LogP) is 3.46. The number of para-hydroxylation sites is 1. The van der Waals surface area contributed by atoms with E-state index in [-0.39, 0.29) is 17.2 Å². The molecule has 0 saturated carbocycles. The SMILES string of the molecule is O=C(COc1ccc(S(=O)(=O)NCc2ccccc2)cc1)Nc1c(F)cccc1F. The van der Waals surface area contributed by atoms with Crippen LogP contribution in [0.25, 0.3) is 0 Å². The fourth-order valence-electron chi connectivity index (χ4n) is 2.51. The molecule has 3 rings (SSSR count). The van der Waals surface area contributed by atoms with Crippen molar-refractivity contribution in [3.8, 4) is 5.75 Å². The van der Waals surface area contributed by atoms with E-state index in [1.165, 1.54) is 30.3 Å². The van der Waals surface area contributed by atoms with E-state index in [0.717, 1.165) is 17.7 Å². The molecule has 9 heteroatoms. The van der Waals surface area contributed by atoms with Crippen LogP contribution in [0.3, 0.4) is 0 Å². The Balaban J connectivity index is 1.55. The summed E-state index contributed by atoms with van der Waals surface area (Å²) in [7, 11) is -3.72. The molecule has 0 unspecified atom stereocenters. The van der Waals surface area contributed by atoms with E-state index < -0.39 is 39.9 Å². The lowest BCUT2D eigenvalue weighted by Gasteiger charge is -2.10. The molecule has 0 radical (unpaired) electrons. The van der Waals surface area contributed by atoms with Gasteiger partial charge in [-0.25, -0.2) is 21.9 Å². The van der Waals surface area contributed by atoms with E-state index in [0.29, 0.717) is 0 Å². The van der Waals surface area contributed by atoms with Crippen LogP contribution in [0.15, 0.2) is 77.7 Å². The van der Waals surface area contributed by atoms with Gasteiger partial charge in [-0.15, -0.1) is 0 Å². The monoisotopic (exact) mass is 432 g/mol. The summed E-state index contributed by atoms with van der Waals surface area (Å²) in [6.45, 7) is -0.361. The zero-order valence-corrected chi connectivity index (χ0v) is 16.5. The summed E-state index contributed by atoms with van der Waals surface area (Å²) in [6, 6.07) is 17.7. The fraction of sp³-hybridized carbons (Fsp3) is 0.0952. The molecule has 0 spiro atoms. The van der Waals surface area contributed by atoms with Gasteiger partial charge in [0.25, 0.3) is 5.91 Å². The summed E-state index contributed by atoms with van der Waals surface area (Å²) >= 11 is 0. The average molecular weight is 432 g/mol. The maximum atomic E-state index is 13.5. The third-order valence-corrected chi connectivity index (χ3v) is 5.46. The molecule has 0 saturated heterocycles. The molecule has 0 heterocycles. The van der Waals surface area contributed by atoms with Crippen LogP contribution in [0.1, 0.15) is 5.56 Å². The molecule has 0 aromatic heterocycles. The molecule has 2 N–H and O–H groups in total. The van der Waals surface area contributed by atoms with Gasteiger partial charge in [-0.3, -0.25) is 4.79 Å². The Morgan fingerprint density at radius 1 is 0.867 bits per heavy atom. The molecule has 0 aliphatic rings. The number of carbonyl (C=O) groups is 1. The highest BCUT2D eigenvalue weighted by Gasteiger charge is 2.15. The number of nitrogens with one attached hydrogen (secondary N) is 2. The first kappa shape index (κ1) is 21.4. The Morgan fingerprint density at radius 3 is 2.13 bits per heavy atom. The maximum Gasteiger partial charge on any atom is 0.262 e. The molecule has 0 bridgehead atoms. The summed E-state index contributed by atoms with van der Waals surface area (Å²) in [5.74, 6) is -2.34. The number of ether oxygens (including phenoxy) is 1. The van der Waals surface area contributed by atoms with Gasteiger partial charge in [-0.1, -0.05) is 36.4 Å². The van der Waals surface area contributed by atoms with Gasteiger partial charge < -0.3 is 10.1 Å². The van der Waals surface area contributed by atoms with Crippen molar-refractivity contribution in [3.05, 3.63) is 90.0 Å². The minimum absolute atomic E-state index is 0.0312. The van der Waals surface area contributed by atoms with E-state index >= 15 is 0 Å². The fourth-order valence-corrected chi connectivity index (χ4v) is 3.53. The minimum Gasteiger partial charge on any atom is -0.484 e. The van der Waals surface area contributed by atoms with Crippen LogP contribution in [0.5, 0.6) is 5.75 Å². The summed E-state index contributed by atoms with van der Waals surface area (Å²) < 4.78 is 59.6. The summed E-state index contributed by atoms with van der Waals surface area (Å²) in [5.41, 5.74) is 0.260. The molecule has 0 aliphatic heterocycles. The van der Waals surface area contributed by atoms with E-state index in [1.807, 2.05) is 18.2 Å². The van der Waals surface area contributed by atoms with E-state index in [2.05, 4.69) is 10.0 Å². The Kier molecular flexibility index (Phi) is 6.76. The molecular formula is C21H18F2N2O4S. The number of halogens is 2. The van der Waals surface area contributed by atoms with Gasteiger partial charge in [-0.05, 0) is 42.0 Å². The number of hydrogen-bond acceptors (Lipinski definition) is 4. The molecule has 1 amide bonds. The number of carbonyl (C=O) groups excluding carboxylic acids is 1. The van der Waals surface area contributed by atoms with Crippen molar-refractivity contribution in [2.75, 3.05) is 11.9 Å². The maximum absolute atomic E-state index is 13.5. The Labute approximate surface area is 172 Å². The van der Waals surface area contributed by atoms with E-state index in [4.69, 9.17) is 4.74 Å². The highest BCUT2D eigenvalue weighted by atomic mass is 32.2. The van der Waals surface area contributed by atoms with Crippen LogP contribution in [0.2, 0.25) is 0 Å². The predicted molar refractivity (Wildman–Crippen MR) is 107 cm³/mol. The smallest absolute Gasteiger partial charge is 0.262 e. The number of amides is 1. The molecule has 3 aromatic rings. The Bertz CT molecular complexity index is 1100. The van der Waals surface area contributed by atoms with Crippen LogP contribution < -0.4 is 14.8 Å². The first-order valence-corrected chi connectivity index (χ1v) is 10.3. The van der Waals surface area contributed by atoms with Crippen LogP contribution in [0, 0.1) is 11.6 Å². The first-order valence-electron chi connectivity index (χ1n) is 8.85. The molecule has 156 valence electrons. The van der Waals surface area contributed by atoms with Crippen LogP contribution in [0.4, 0.5) is 14.5 Å². The van der Waals surface area contributed by atoms with Crippen molar-refractivity contribution in [1.29, 1.82) is 0 Å². The third-order valence-electron chi connectivity index (χ3n) is 4.04. The molecule has 3 aromatic carbocycles. The van der Waals surface area contributed by atoms with Gasteiger partial charge in [-0.2, -0.15) is 0 Å². The molecule has 30 heavy (non-hydrogen) atoms. The largest absolute Gasteiger partial charge is 0.484 e. The number of hydrogen-bond donors (Lipinski definition) is 2. The molecule has 0 atom stereocenters. The number of sulfonamides is 1. The lowest BCUT2D eigenvalue weighted by atomic mass is 10.2. The second-order valence-electron chi connectivity index (χ2n) is 6.22. The van der Waals surface area contributed by atoms with Crippen molar-refractivity contribution in [2.45, 2.75) is 11.4 Å². The van der Waals surface area contributed by atoms with Gasteiger partial charge in [0.15, 0.2) is 6.61 Å². The summed E-state index contributed by atoms with van der Waals surface area (Å²) in [6.07, 6.45) is 0. The highest BCUT2D eigenvalue weighted by Crippen LogP contribution is 2.19. The van der Waals surface area contributed by atoms with Gasteiger partial charge >= 0.3 is 0 Å². The second kappa shape index (κ2) is 9.47. The van der Waals surface area contributed by atoms with E-state index in [9.17, 15) is 22.0 Å². The first-order chi connectivity index (χ1) is 14.3. The van der Waals surface area contributed by atoms with Crippen LogP contribution in [-0.2, 0) is 21.4 Å². The van der Waals surface area contributed by atoms with Crippen molar-refractivity contribution >= 4 is 21.6 Å².